The fourth-order valence-corrected chi connectivity index (χ4v) is 2.76. The van der Waals surface area contributed by atoms with Gasteiger partial charge in [0.05, 0.1) is 6.54 Å². The zero-order chi connectivity index (χ0) is 13.1. The number of hydrogen-bond donors (Lipinski definition) is 1. The lowest BCUT2D eigenvalue weighted by Crippen LogP contribution is -2.41. The maximum atomic E-state index is 13.8. The molecular weight excluding hydrogens is 255 g/mol. The zero-order valence-corrected chi connectivity index (χ0v) is 10.8. The molecule has 1 aliphatic heterocycles. The van der Waals surface area contributed by atoms with E-state index in [-0.39, 0.29) is 24.2 Å². The molecule has 1 aromatic rings. The number of amides is 1. The molecule has 2 rings (SSSR count). The average molecular weight is 271 g/mol. The third-order valence-electron chi connectivity index (χ3n) is 3.43. The van der Waals surface area contributed by atoms with Crippen LogP contribution in [-0.2, 0) is 4.79 Å². The van der Waals surface area contributed by atoms with Gasteiger partial charge in [-0.25, -0.2) is 4.39 Å². The summed E-state index contributed by atoms with van der Waals surface area (Å²) >= 11 is 6.05. The van der Waals surface area contributed by atoms with Crippen LogP contribution in [0.15, 0.2) is 18.2 Å². The molecule has 0 aliphatic carbocycles. The Hall–Kier alpha value is -1.13. The van der Waals surface area contributed by atoms with Crippen LogP contribution in [0.3, 0.4) is 0 Å². The molecule has 3 nitrogen and oxygen atoms in total. The first-order valence-electron chi connectivity index (χ1n) is 6.05. The Balaban J connectivity index is 2.08. The van der Waals surface area contributed by atoms with E-state index in [2.05, 4.69) is 0 Å². The number of hydrogen-bond acceptors (Lipinski definition) is 2. The van der Waals surface area contributed by atoms with Gasteiger partial charge in [-0.05, 0) is 30.9 Å². The van der Waals surface area contributed by atoms with E-state index >= 15 is 0 Å². The summed E-state index contributed by atoms with van der Waals surface area (Å²) in [5.74, 6) is -0.222. The van der Waals surface area contributed by atoms with Crippen molar-refractivity contribution in [2.24, 2.45) is 5.73 Å². The van der Waals surface area contributed by atoms with Crippen LogP contribution >= 0.6 is 11.6 Å². The van der Waals surface area contributed by atoms with Crippen LogP contribution in [-0.4, -0.2) is 30.4 Å². The SMILES string of the molecule is NCC(=O)N1CCC(c2c(F)cccc2Cl)CC1. The van der Waals surface area contributed by atoms with Gasteiger partial charge in [0, 0.05) is 23.7 Å². The fourth-order valence-electron chi connectivity index (χ4n) is 2.45. The summed E-state index contributed by atoms with van der Waals surface area (Å²) < 4.78 is 13.8. The molecule has 0 unspecified atom stereocenters. The molecule has 0 atom stereocenters. The van der Waals surface area contributed by atoms with Gasteiger partial charge in [-0.15, -0.1) is 0 Å². The van der Waals surface area contributed by atoms with Crippen molar-refractivity contribution < 1.29 is 9.18 Å². The van der Waals surface area contributed by atoms with E-state index in [9.17, 15) is 9.18 Å². The Morgan fingerprint density at radius 3 is 2.67 bits per heavy atom. The normalized spacial score (nSPS) is 16.9. The molecule has 18 heavy (non-hydrogen) atoms. The molecule has 0 aromatic heterocycles. The predicted octanol–water partition coefficient (Wildman–Crippen LogP) is 2.14. The molecule has 1 amide bonds. The van der Waals surface area contributed by atoms with Crippen molar-refractivity contribution in [3.05, 3.63) is 34.6 Å². The highest BCUT2D eigenvalue weighted by Crippen LogP contribution is 2.34. The number of carbonyl (C=O) groups is 1. The van der Waals surface area contributed by atoms with Gasteiger partial charge in [0.1, 0.15) is 5.82 Å². The molecular formula is C13H16ClFN2O. The monoisotopic (exact) mass is 270 g/mol. The lowest BCUT2D eigenvalue weighted by Gasteiger charge is -2.32. The standard InChI is InChI=1S/C13H16ClFN2O/c14-10-2-1-3-11(15)13(10)9-4-6-17(7-5-9)12(18)8-16/h1-3,9H,4-8,16H2. The average Bonchev–Trinajstić information content (AvgIpc) is 2.38. The second kappa shape index (κ2) is 5.67. The molecule has 1 saturated heterocycles. The molecule has 1 heterocycles. The fraction of sp³-hybridized carbons (Fsp3) is 0.462. The number of nitrogens with zero attached hydrogens (tertiary/aromatic N) is 1. The minimum Gasteiger partial charge on any atom is -0.342 e. The predicted molar refractivity (Wildman–Crippen MR) is 69.0 cm³/mol. The molecule has 0 saturated carbocycles. The van der Waals surface area contributed by atoms with E-state index in [1.54, 1.807) is 17.0 Å². The summed E-state index contributed by atoms with van der Waals surface area (Å²) in [6.45, 7) is 1.27. The summed E-state index contributed by atoms with van der Waals surface area (Å²) in [4.78, 5) is 13.2. The van der Waals surface area contributed by atoms with Crippen LogP contribution in [0.1, 0.15) is 24.3 Å². The Morgan fingerprint density at radius 2 is 2.11 bits per heavy atom. The van der Waals surface area contributed by atoms with Crippen molar-refractivity contribution >= 4 is 17.5 Å². The summed E-state index contributed by atoms with van der Waals surface area (Å²) in [5.41, 5.74) is 5.91. The minimum atomic E-state index is -0.258. The van der Waals surface area contributed by atoms with Crippen molar-refractivity contribution in [2.75, 3.05) is 19.6 Å². The first kappa shape index (κ1) is 13.3. The van der Waals surface area contributed by atoms with Crippen molar-refractivity contribution in [3.8, 4) is 0 Å². The minimum absolute atomic E-state index is 0.0329. The molecule has 5 heteroatoms. The van der Waals surface area contributed by atoms with Gasteiger partial charge in [-0.1, -0.05) is 17.7 Å². The Kier molecular flexibility index (Phi) is 4.19. The van der Waals surface area contributed by atoms with Crippen LogP contribution in [0.25, 0.3) is 0 Å². The molecule has 2 N–H and O–H groups in total. The van der Waals surface area contributed by atoms with Crippen LogP contribution in [0.5, 0.6) is 0 Å². The third kappa shape index (κ3) is 2.65. The molecule has 1 aliphatic rings. The Bertz CT molecular complexity index is 424. The molecule has 1 aromatic carbocycles. The Labute approximate surface area is 111 Å². The maximum absolute atomic E-state index is 13.8. The lowest BCUT2D eigenvalue weighted by atomic mass is 9.89. The van der Waals surface area contributed by atoms with Crippen molar-refractivity contribution in [3.63, 3.8) is 0 Å². The highest BCUT2D eigenvalue weighted by atomic mass is 35.5. The highest BCUT2D eigenvalue weighted by Gasteiger charge is 2.26. The number of nitrogens with two attached hydrogens (primary N) is 1. The van der Waals surface area contributed by atoms with Crippen LogP contribution in [0.4, 0.5) is 4.39 Å². The number of rotatable bonds is 2. The smallest absolute Gasteiger partial charge is 0.236 e. The van der Waals surface area contributed by atoms with Crippen molar-refractivity contribution in [1.29, 1.82) is 0 Å². The van der Waals surface area contributed by atoms with E-state index in [0.717, 1.165) is 12.8 Å². The summed E-state index contributed by atoms with van der Waals surface area (Å²) in [7, 11) is 0. The van der Waals surface area contributed by atoms with Crippen molar-refractivity contribution in [1.82, 2.24) is 4.90 Å². The van der Waals surface area contributed by atoms with E-state index in [0.29, 0.717) is 23.7 Å². The molecule has 1 fully saturated rings. The van der Waals surface area contributed by atoms with Crippen LogP contribution in [0.2, 0.25) is 5.02 Å². The topological polar surface area (TPSA) is 46.3 Å². The van der Waals surface area contributed by atoms with E-state index in [1.165, 1.54) is 6.07 Å². The molecule has 0 bridgehead atoms. The largest absolute Gasteiger partial charge is 0.342 e. The molecule has 0 spiro atoms. The van der Waals surface area contributed by atoms with E-state index in [4.69, 9.17) is 17.3 Å². The summed E-state index contributed by atoms with van der Waals surface area (Å²) in [6, 6.07) is 4.74. The number of halogens is 2. The van der Waals surface area contributed by atoms with Crippen LogP contribution in [0, 0.1) is 5.82 Å². The number of likely N-dealkylation sites (tertiary alicyclic amines) is 1. The van der Waals surface area contributed by atoms with Gasteiger partial charge < -0.3 is 10.6 Å². The third-order valence-corrected chi connectivity index (χ3v) is 3.76. The van der Waals surface area contributed by atoms with Gasteiger partial charge >= 0.3 is 0 Å². The summed E-state index contributed by atoms with van der Waals surface area (Å²) in [5, 5.41) is 0.471. The van der Waals surface area contributed by atoms with Gasteiger partial charge in [0.15, 0.2) is 0 Å². The Morgan fingerprint density at radius 1 is 1.44 bits per heavy atom. The summed E-state index contributed by atoms with van der Waals surface area (Å²) in [6.07, 6.45) is 1.46. The molecule has 98 valence electrons. The zero-order valence-electron chi connectivity index (χ0n) is 10.0. The van der Waals surface area contributed by atoms with Gasteiger partial charge in [-0.3, -0.25) is 4.79 Å². The number of piperidine rings is 1. The second-order valence-corrected chi connectivity index (χ2v) is 4.90. The van der Waals surface area contributed by atoms with Crippen molar-refractivity contribution in [2.45, 2.75) is 18.8 Å². The van der Waals surface area contributed by atoms with Crippen LogP contribution < -0.4 is 5.73 Å². The van der Waals surface area contributed by atoms with Gasteiger partial charge in [0.2, 0.25) is 5.91 Å². The highest BCUT2D eigenvalue weighted by molar-refractivity contribution is 6.31. The first-order valence-corrected chi connectivity index (χ1v) is 6.43. The number of carbonyl (C=O) groups excluding carboxylic acids is 1. The second-order valence-electron chi connectivity index (χ2n) is 4.49. The quantitative estimate of drug-likeness (QED) is 0.895. The first-order chi connectivity index (χ1) is 8.63. The molecule has 0 radical (unpaired) electrons. The van der Waals surface area contributed by atoms with E-state index < -0.39 is 0 Å². The lowest BCUT2D eigenvalue weighted by molar-refractivity contribution is -0.130. The van der Waals surface area contributed by atoms with Gasteiger partial charge in [0.25, 0.3) is 0 Å². The maximum Gasteiger partial charge on any atom is 0.236 e. The van der Waals surface area contributed by atoms with Gasteiger partial charge in [-0.2, -0.15) is 0 Å². The number of benzene rings is 1. The van der Waals surface area contributed by atoms with E-state index in [1.807, 2.05) is 0 Å².